The van der Waals surface area contributed by atoms with E-state index in [1.54, 1.807) is 28.4 Å². The van der Waals surface area contributed by atoms with Crippen LogP contribution in [-0.4, -0.2) is 33.0 Å². The van der Waals surface area contributed by atoms with Gasteiger partial charge in [0.05, 0.1) is 28.4 Å². The lowest BCUT2D eigenvalue weighted by Gasteiger charge is -2.12. The number of ether oxygens (including phenoxy) is 5. The van der Waals surface area contributed by atoms with Crippen molar-refractivity contribution >= 4 is 0 Å². The third-order valence-electron chi connectivity index (χ3n) is 6.81. The number of hydrogen-bond donors (Lipinski definition) is 0. The average molecular weight is 536 g/mol. The van der Waals surface area contributed by atoms with Crippen molar-refractivity contribution in [1.82, 2.24) is 4.57 Å². The van der Waals surface area contributed by atoms with E-state index in [0.29, 0.717) is 36.1 Å². The molecule has 6 heteroatoms. The third kappa shape index (κ3) is 5.91. The van der Waals surface area contributed by atoms with Gasteiger partial charge in [-0.25, -0.2) is 0 Å². The minimum Gasteiger partial charge on any atom is -0.493 e. The first-order chi connectivity index (χ1) is 19.6. The zero-order valence-corrected chi connectivity index (χ0v) is 23.2. The number of rotatable bonds is 11. The van der Waals surface area contributed by atoms with Crippen LogP contribution in [0.25, 0.3) is 22.3 Å². The summed E-state index contributed by atoms with van der Waals surface area (Å²) in [5.74, 6) is 3.58. The molecule has 0 unspecified atom stereocenters. The van der Waals surface area contributed by atoms with Gasteiger partial charge in [0.25, 0.3) is 0 Å². The first kappa shape index (κ1) is 26.8. The Morgan fingerprint density at radius 1 is 0.525 bits per heavy atom. The number of nitrogens with zero attached hydrogens (tertiary/aromatic N) is 1. The highest BCUT2D eigenvalue weighted by Gasteiger charge is 2.16. The standard InChI is InChI=1S/C34H33NO5/c1-36-31-16-12-26(18-33(31)38-3)29-21-35(22-30(29)27-13-17-32(37-2)34(19-27)39-4)20-24-10-14-28(15-11-24)40-23-25-8-6-5-7-9-25/h5-19,21-22H,20,23H2,1-4H3. The molecule has 0 amide bonds. The van der Waals surface area contributed by atoms with Gasteiger partial charge in [-0.15, -0.1) is 0 Å². The van der Waals surface area contributed by atoms with Gasteiger partial charge in [-0.2, -0.15) is 0 Å². The fourth-order valence-electron chi connectivity index (χ4n) is 4.71. The Morgan fingerprint density at radius 2 is 1.05 bits per heavy atom. The van der Waals surface area contributed by atoms with Crippen LogP contribution in [0, 0.1) is 0 Å². The van der Waals surface area contributed by atoms with Gasteiger partial charge in [-0.3, -0.25) is 0 Å². The molecule has 6 nitrogen and oxygen atoms in total. The predicted molar refractivity (Wildman–Crippen MR) is 158 cm³/mol. The lowest BCUT2D eigenvalue weighted by atomic mass is 9.98. The number of benzene rings is 4. The van der Waals surface area contributed by atoms with Crippen molar-refractivity contribution < 1.29 is 23.7 Å². The molecule has 0 aliphatic carbocycles. The summed E-state index contributed by atoms with van der Waals surface area (Å²) in [6, 6.07) is 30.4. The van der Waals surface area contributed by atoms with Crippen molar-refractivity contribution in [2.45, 2.75) is 13.2 Å². The Kier molecular flexibility index (Phi) is 8.26. The van der Waals surface area contributed by atoms with Gasteiger partial charge in [-0.05, 0) is 58.7 Å². The molecule has 0 spiro atoms. The Bertz CT molecular complexity index is 1480. The summed E-state index contributed by atoms with van der Waals surface area (Å²) in [7, 11) is 6.58. The van der Waals surface area contributed by atoms with Crippen molar-refractivity contribution in [3.05, 3.63) is 115 Å². The molecule has 40 heavy (non-hydrogen) atoms. The second kappa shape index (κ2) is 12.3. The average Bonchev–Trinajstić information content (AvgIpc) is 3.44. The fraction of sp³-hybridized carbons (Fsp3) is 0.176. The summed E-state index contributed by atoms with van der Waals surface area (Å²) in [5.41, 5.74) is 6.48. The Hall–Kier alpha value is -4.84. The van der Waals surface area contributed by atoms with Crippen LogP contribution in [0.1, 0.15) is 11.1 Å². The van der Waals surface area contributed by atoms with Crippen molar-refractivity contribution in [2.24, 2.45) is 0 Å². The van der Waals surface area contributed by atoms with Crippen LogP contribution in [0.4, 0.5) is 0 Å². The molecule has 1 aromatic heterocycles. The summed E-state index contributed by atoms with van der Waals surface area (Å²) >= 11 is 0. The molecule has 5 aromatic rings. The highest BCUT2D eigenvalue weighted by molar-refractivity contribution is 5.85. The van der Waals surface area contributed by atoms with E-state index in [2.05, 4.69) is 41.2 Å². The molecule has 4 aromatic carbocycles. The van der Waals surface area contributed by atoms with Crippen LogP contribution in [-0.2, 0) is 13.2 Å². The molecule has 0 saturated carbocycles. The minimum absolute atomic E-state index is 0.543. The molecule has 0 N–H and O–H groups in total. The molecule has 0 radical (unpaired) electrons. The number of aromatic nitrogens is 1. The van der Waals surface area contributed by atoms with E-state index in [-0.39, 0.29) is 0 Å². The molecular formula is C34H33NO5. The van der Waals surface area contributed by atoms with E-state index in [4.69, 9.17) is 23.7 Å². The van der Waals surface area contributed by atoms with Crippen LogP contribution in [0.15, 0.2) is 103 Å². The monoisotopic (exact) mass is 535 g/mol. The van der Waals surface area contributed by atoms with E-state index in [0.717, 1.165) is 33.6 Å². The molecule has 0 aliphatic heterocycles. The molecule has 5 rings (SSSR count). The fourth-order valence-corrected chi connectivity index (χ4v) is 4.71. The van der Waals surface area contributed by atoms with E-state index in [1.165, 1.54) is 5.56 Å². The van der Waals surface area contributed by atoms with E-state index < -0.39 is 0 Å². The maximum Gasteiger partial charge on any atom is 0.161 e. The van der Waals surface area contributed by atoms with Gasteiger partial charge in [0.1, 0.15) is 12.4 Å². The SMILES string of the molecule is COc1ccc(-c2cn(Cc3ccc(OCc4ccccc4)cc3)cc2-c2ccc(OC)c(OC)c2)cc1OC. The second-order valence-electron chi connectivity index (χ2n) is 9.32. The highest BCUT2D eigenvalue weighted by atomic mass is 16.5. The summed E-state index contributed by atoms with van der Waals surface area (Å²) in [6.45, 7) is 1.24. The first-order valence-electron chi connectivity index (χ1n) is 13.0. The van der Waals surface area contributed by atoms with Crippen molar-refractivity contribution in [2.75, 3.05) is 28.4 Å². The Labute approximate surface area is 235 Å². The molecule has 204 valence electrons. The maximum atomic E-state index is 5.97. The molecule has 0 fully saturated rings. The van der Waals surface area contributed by atoms with Gasteiger partial charge >= 0.3 is 0 Å². The van der Waals surface area contributed by atoms with Crippen LogP contribution < -0.4 is 23.7 Å². The van der Waals surface area contributed by atoms with Crippen molar-refractivity contribution in [3.8, 4) is 51.0 Å². The van der Waals surface area contributed by atoms with Gasteiger partial charge in [0.2, 0.25) is 0 Å². The summed E-state index contributed by atoms with van der Waals surface area (Å²) in [4.78, 5) is 0. The molecule has 0 atom stereocenters. The Balaban J connectivity index is 1.45. The van der Waals surface area contributed by atoms with Crippen molar-refractivity contribution in [1.29, 1.82) is 0 Å². The summed E-state index contributed by atoms with van der Waals surface area (Å²) in [6.07, 6.45) is 4.32. The van der Waals surface area contributed by atoms with Crippen LogP contribution in [0.3, 0.4) is 0 Å². The normalized spacial score (nSPS) is 10.7. The van der Waals surface area contributed by atoms with E-state index in [1.807, 2.05) is 66.7 Å². The van der Waals surface area contributed by atoms with Crippen LogP contribution in [0.2, 0.25) is 0 Å². The largest absolute Gasteiger partial charge is 0.493 e. The van der Waals surface area contributed by atoms with Gasteiger partial charge in [0, 0.05) is 30.1 Å². The summed E-state index contributed by atoms with van der Waals surface area (Å²) in [5, 5.41) is 0. The first-order valence-corrected chi connectivity index (χ1v) is 13.0. The zero-order valence-electron chi connectivity index (χ0n) is 23.2. The zero-order chi connectivity index (χ0) is 27.9. The van der Waals surface area contributed by atoms with Gasteiger partial charge < -0.3 is 28.3 Å². The maximum absolute atomic E-state index is 5.97. The predicted octanol–water partition coefficient (Wildman–Crippen LogP) is 7.48. The molecule has 1 heterocycles. The summed E-state index contributed by atoms with van der Waals surface area (Å²) < 4.78 is 30.3. The van der Waals surface area contributed by atoms with Crippen LogP contribution >= 0.6 is 0 Å². The second-order valence-corrected chi connectivity index (χ2v) is 9.32. The topological polar surface area (TPSA) is 51.1 Å². The Morgan fingerprint density at radius 3 is 1.55 bits per heavy atom. The lowest BCUT2D eigenvalue weighted by Crippen LogP contribution is -1.98. The van der Waals surface area contributed by atoms with E-state index in [9.17, 15) is 0 Å². The quantitative estimate of drug-likeness (QED) is 0.175. The van der Waals surface area contributed by atoms with Gasteiger partial charge in [0.15, 0.2) is 23.0 Å². The third-order valence-corrected chi connectivity index (χ3v) is 6.81. The number of methoxy groups -OCH3 is 4. The van der Waals surface area contributed by atoms with Crippen LogP contribution in [0.5, 0.6) is 28.7 Å². The van der Waals surface area contributed by atoms with E-state index >= 15 is 0 Å². The highest BCUT2D eigenvalue weighted by Crippen LogP contribution is 2.40. The van der Waals surface area contributed by atoms with Crippen molar-refractivity contribution in [3.63, 3.8) is 0 Å². The number of hydrogen-bond acceptors (Lipinski definition) is 5. The molecular weight excluding hydrogens is 502 g/mol. The lowest BCUT2D eigenvalue weighted by molar-refractivity contribution is 0.306. The molecule has 0 saturated heterocycles. The molecule has 0 bridgehead atoms. The smallest absolute Gasteiger partial charge is 0.161 e. The van der Waals surface area contributed by atoms with Gasteiger partial charge in [-0.1, -0.05) is 54.6 Å². The minimum atomic E-state index is 0.543. The molecule has 0 aliphatic rings.